The van der Waals surface area contributed by atoms with Crippen LogP contribution in [0.1, 0.15) is 50.4 Å². The van der Waals surface area contributed by atoms with E-state index >= 15 is 0 Å². The lowest BCUT2D eigenvalue weighted by molar-refractivity contribution is -0.121. The second kappa shape index (κ2) is 10.8. The summed E-state index contributed by atoms with van der Waals surface area (Å²) in [6, 6.07) is 10.4. The van der Waals surface area contributed by atoms with Crippen LogP contribution in [-0.4, -0.2) is 25.7 Å². The molecule has 0 amide bonds. The van der Waals surface area contributed by atoms with Gasteiger partial charge in [-0.05, 0) is 49.1 Å². The molecular formula is C26H28N4O4. The highest BCUT2D eigenvalue weighted by Crippen LogP contribution is 2.16. The second-order valence-corrected chi connectivity index (χ2v) is 8.54. The molecule has 0 aliphatic heterocycles. The molecule has 8 heteroatoms. The molecule has 34 heavy (non-hydrogen) atoms. The maximum atomic E-state index is 12.8. The predicted octanol–water partition coefficient (Wildman–Crippen LogP) is 2.81. The summed E-state index contributed by atoms with van der Waals surface area (Å²) < 4.78 is 2.76. The van der Waals surface area contributed by atoms with Gasteiger partial charge in [0, 0.05) is 45.0 Å². The van der Waals surface area contributed by atoms with E-state index in [4.69, 9.17) is 5.26 Å². The van der Waals surface area contributed by atoms with Crippen LogP contribution in [0.4, 0.5) is 0 Å². The molecule has 0 saturated heterocycles. The number of pyridine rings is 1. The van der Waals surface area contributed by atoms with Crippen molar-refractivity contribution in [2.45, 2.75) is 59.5 Å². The van der Waals surface area contributed by atoms with E-state index in [1.54, 1.807) is 41.8 Å². The molecule has 3 aromatic rings. The van der Waals surface area contributed by atoms with Crippen LogP contribution in [0.2, 0.25) is 0 Å². The van der Waals surface area contributed by atoms with Crippen LogP contribution in [0.25, 0.3) is 10.9 Å². The molecular weight excluding hydrogens is 432 g/mol. The van der Waals surface area contributed by atoms with Gasteiger partial charge in [0.25, 0.3) is 5.56 Å². The number of Topliss-reactive ketones (excluding diaryl/α,β-unsaturated/α-hetero) is 2. The number of carbonyl (C=O) groups excluding carboxylic acids is 2. The number of rotatable bonds is 10. The molecule has 3 rings (SSSR count). The van der Waals surface area contributed by atoms with Crippen molar-refractivity contribution >= 4 is 22.5 Å². The Balaban J connectivity index is 1.66. The molecule has 0 aliphatic rings. The zero-order valence-corrected chi connectivity index (χ0v) is 19.7. The average Bonchev–Trinajstić information content (AvgIpc) is 2.80. The molecule has 2 heterocycles. The minimum absolute atomic E-state index is 0.00941. The van der Waals surface area contributed by atoms with Crippen molar-refractivity contribution in [3.05, 3.63) is 74.2 Å². The molecule has 0 aliphatic carbocycles. The molecule has 176 valence electrons. The Hall–Kier alpha value is -3.86. The van der Waals surface area contributed by atoms with E-state index in [2.05, 4.69) is 4.98 Å². The number of benzene rings is 1. The first-order valence-corrected chi connectivity index (χ1v) is 11.4. The summed E-state index contributed by atoms with van der Waals surface area (Å²) in [5, 5.41) is 9.23. The average molecular weight is 461 g/mol. The van der Waals surface area contributed by atoms with E-state index in [1.807, 2.05) is 19.9 Å². The van der Waals surface area contributed by atoms with Crippen molar-refractivity contribution in [1.82, 2.24) is 14.1 Å². The van der Waals surface area contributed by atoms with Gasteiger partial charge in [0.15, 0.2) is 0 Å². The number of aryl methyl sites for hydroxylation is 1. The predicted molar refractivity (Wildman–Crippen MR) is 129 cm³/mol. The summed E-state index contributed by atoms with van der Waals surface area (Å²) in [5.41, 5.74) is 1.63. The Kier molecular flexibility index (Phi) is 7.90. The van der Waals surface area contributed by atoms with Crippen LogP contribution in [0.15, 0.2) is 46.1 Å². The number of hydrogen-bond donors (Lipinski definition) is 0. The molecule has 0 fully saturated rings. The Morgan fingerprint density at radius 1 is 0.971 bits per heavy atom. The Morgan fingerprint density at radius 3 is 2.15 bits per heavy atom. The van der Waals surface area contributed by atoms with Crippen molar-refractivity contribution in [2.24, 2.45) is 5.92 Å². The van der Waals surface area contributed by atoms with Crippen LogP contribution in [-0.2, 0) is 35.5 Å². The van der Waals surface area contributed by atoms with Gasteiger partial charge in [0.05, 0.1) is 10.9 Å². The third-order valence-electron chi connectivity index (χ3n) is 5.82. The fourth-order valence-electron chi connectivity index (χ4n) is 4.21. The zero-order valence-electron chi connectivity index (χ0n) is 19.7. The number of nitriles is 1. The van der Waals surface area contributed by atoms with E-state index in [0.717, 1.165) is 5.56 Å². The van der Waals surface area contributed by atoms with E-state index in [9.17, 15) is 19.2 Å². The first-order chi connectivity index (χ1) is 16.3. The lowest BCUT2D eigenvalue weighted by Crippen LogP contribution is -2.39. The van der Waals surface area contributed by atoms with Gasteiger partial charge in [-0.15, -0.1) is 0 Å². The third kappa shape index (κ3) is 5.54. The number of hydrogen-bond acceptors (Lipinski definition) is 6. The van der Waals surface area contributed by atoms with Gasteiger partial charge in [-0.3, -0.25) is 23.5 Å². The SMILES string of the molecule is CCn1c(=O)c2cc(CC(=O)CC(C)CC(=O)Cc3ccc(C#N)nc3)ccc2n(CC)c1=O. The maximum absolute atomic E-state index is 12.8. The Labute approximate surface area is 197 Å². The number of nitrogens with zero attached hydrogens (tertiary/aromatic N) is 4. The topological polar surface area (TPSA) is 115 Å². The summed E-state index contributed by atoms with van der Waals surface area (Å²) in [4.78, 5) is 54.3. The number of carbonyl (C=O) groups is 2. The van der Waals surface area contributed by atoms with Gasteiger partial charge in [0.1, 0.15) is 23.3 Å². The highest BCUT2D eigenvalue weighted by atomic mass is 16.2. The molecule has 2 aromatic heterocycles. The molecule has 0 spiro atoms. The molecule has 1 atom stereocenters. The minimum atomic E-state index is -0.349. The van der Waals surface area contributed by atoms with Crippen molar-refractivity contribution in [3.63, 3.8) is 0 Å². The van der Waals surface area contributed by atoms with E-state index < -0.39 is 0 Å². The summed E-state index contributed by atoms with van der Waals surface area (Å²) in [6.45, 7) is 6.19. The van der Waals surface area contributed by atoms with E-state index in [0.29, 0.717) is 28.7 Å². The van der Waals surface area contributed by atoms with Gasteiger partial charge in [-0.2, -0.15) is 5.26 Å². The van der Waals surface area contributed by atoms with Crippen molar-refractivity contribution < 1.29 is 9.59 Å². The first-order valence-electron chi connectivity index (χ1n) is 11.4. The largest absolute Gasteiger partial charge is 0.331 e. The lowest BCUT2D eigenvalue weighted by atomic mass is 9.93. The fourth-order valence-corrected chi connectivity index (χ4v) is 4.21. The number of aromatic nitrogens is 3. The maximum Gasteiger partial charge on any atom is 0.331 e. The van der Waals surface area contributed by atoms with Gasteiger partial charge in [-0.25, -0.2) is 9.78 Å². The van der Waals surface area contributed by atoms with Gasteiger partial charge >= 0.3 is 5.69 Å². The minimum Gasteiger partial charge on any atom is -0.299 e. The van der Waals surface area contributed by atoms with Crippen LogP contribution < -0.4 is 11.2 Å². The summed E-state index contributed by atoms with van der Waals surface area (Å²) in [7, 11) is 0. The molecule has 0 N–H and O–H groups in total. The van der Waals surface area contributed by atoms with Crippen LogP contribution in [0.3, 0.4) is 0 Å². The summed E-state index contributed by atoms with van der Waals surface area (Å²) in [6.07, 6.45) is 2.42. The van der Waals surface area contributed by atoms with Gasteiger partial charge in [-0.1, -0.05) is 19.1 Å². The molecule has 0 radical (unpaired) electrons. The molecule has 1 aromatic carbocycles. The van der Waals surface area contributed by atoms with Crippen molar-refractivity contribution in [1.29, 1.82) is 5.26 Å². The van der Waals surface area contributed by atoms with E-state index in [1.165, 1.54) is 10.8 Å². The first kappa shape index (κ1) is 24.8. The summed E-state index contributed by atoms with van der Waals surface area (Å²) in [5.74, 6) is -0.121. The van der Waals surface area contributed by atoms with E-state index in [-0.39, 0.29) is 61.0 Å². The molecule has 8 nitrogen and oxygen atoms in total. The number of ketones is 2. The Morgan fingerprint density at radius 2 is 1.59 bits per heavy atom. The zero-order chi connectivity index (χ0) is 24.8. The quantitative estimate of drug-likeness (QED) is 0.459. The fraction of sp³-hybridized carbons (Fsp3) is 0.385. The third-order valence-corrected chi connectivity index (χ3v) is 5.82. The highest BCUT2D eigenvalue weighted by molar-refractivity contribution is 5.85. The lowest BCUT2D eigenvalue weighted by Gasteiger charge is -2.13. The number of fused-ring (bicyclic) bond motifs is 1. The Bertz CT molecular complexity index is 1380. The van der Waals surface area contributed by atoms with Crippen LogP contribution in [0.5, 0.6) is 0 Å². The van der Waals surface area contributed by atoms with Gasteiger partial charge in [0.2, 0.25) is 0 Å². The summed E-state index contributed by atoms with van der Waals surface area (Å²) >= 11 is 0. The normalized spacial score (nSPS) is 11.8. The van der Waals surface area contributed by atoms with Crippen molar-refractivity contribution in [2.75, 3.05) is 0 Å². The second-order valence-electron chi connectivity index (χ2n) is 8.54. The molecule has 0 bridgehead atoms. The van der Waals surface area contributed by atoms with Crippen LogP contribution >= 0.6 is 0 Å². The smallest absolute Gasteiger partial charge is 0.299 e. The monoisotopic (exact) mass is 460 g/mol. The van der Waals surface area contributed by atoms with Gasteiger partial charge < -0.3 is 0 Å². The van der Waals surface area contributed by atoms with Crippen molar-refractivity contribution in [3.8, 4) is 6.07 Å². The standard InChI is InChI=1S/C26H28N4O4/c1-4-29-24-9-7-18(14-23(24)25(33)30(5-2)26(29)34)12-21(31)10-17(3)11-22(32)13-19-6-8-20(15-27)28-16-19/h6-9,14,16-17H,4-5,10-13H2,1-3H3. The highest BCUT2D eigenvalue weighted by Gasteiger charge is 2.16. The molecule has 0 saturated carbocycles. The van der Waals surface area contributed by atoms with Crippen LogP contribution in [0, 0.1) is 17.2 Å². The molecule has 1 unspecified atom stereocenters.